The molecule has 0 aromatic heterocycles. The van der Waals surface area contributed by atoms with Crippen LogP contribution in [-0.2, 0) is 14.3 Å². The van der Waals surface area contributed by atoms with Gasteiger partial charge in [0.25, 0.3) is 5.91 Å². The molecule has 3 rings (SSSR count). The van der Waals surface area contributed by atoms with Crippen LogP contribution >= 0.6 is 11.6 Å². The van der Waals surface area contributed by atoms with Gasteiger partial charge in [-0.15, -0.1) is 0 Å². The Kier molecular flexibility index (Phi) is 7.08. The smallest absolute Gasteiger partial charge is 0.338 e. The van der Waals surface area contributed by atoms with E-state index < -0.39 is 18.5 Å². The first-order valence-corrected chi connectivity index (χ1v) is 9.63. The zero-order valence-electron chi connectivity index (χ0n) is 15.7. The Labute approximate surface area is 173 Å². The number of nitrogens with zero attached hydrogens (tertiary/aromatic N) is 1. The van der Waals surface area contributed by atoms with Crippen LogP contribution in [0.4, 0.5) is 5.69 Å². The van der Waals surface area contributed by atoms with E-state index >= 15 is 0 Å². The van der Waals surface area contributed by atoms with Crippen molar-refractivity contribution in [3.05, 3.63) is 59.1 Å². The van der Waals surface area contributed by atoms with Gasteiger partial charge in [-0.25, -0.2) is 4.79 Å². The molecule has 0 spiro atoms. The van der Waals surface area contributed by atoms with Crippen molar-refractivity contribution >= 4 is 35.1 Å². The third-order valence-corrected chi connectivity index (χ3v) is 4.56. The lowest BCUT2D eigenvalue weighted by atomic mass is 10.2. The maximum Gasteiger partial charge on any atom is 0.338 e. The highest BCUT2D eigenvalue weighted by molar-refractivity contribution is 6.30. The van der Waals surface area contributed by atoms with Crippen LogP contribution in [0.5, 0.6) is 5.75 Å². The Morgan fingerprint density at radius 2 is 1.93 bits per heavy atom. The molecule has 7 nitrogen and oxygen atoms in total. The molecule has 1 aliphatic heterocycles. The third kappa shape index (κ3) is 5.96. The topological polar surface area (TPSA) is 84.9 Å². The second kappa shape index (κ2) is 9.93. The van der Waals surface area contributed by atoms with Crippen LogP contribution in [0.3, 0.4) is 0 Å². The van der Waals surface area contributed by atoms with Gasteiger partial charge in [-0.2, -0.15) is 0 Å². The molecular weight excluding hydrogens is 396 g/mol. The van der Waals surface area contributed by atoms with Gasteiger partial charge >= 0.3 is 5.97 Å². The first-order chi connectivity index (χ1) is 14.0. The van der Waals surface area contributed by atoms with Gasteiger partial charge in [-0.05, 0) is 48.9 Å². The molecule has 1 heterocycles. The van der Waals surface area contributed by atoms with Crippen LogP contribution in [0.1, 0.15) is 23.2 Å². The molecule has 1 saturated heterocycles. The molecule has 0 saturated carbocycles. The summed E-state index contributed by atoms with van der Waals surface area (Å²) in [5.74, 6) is -0.364. The van der Waals surface area contributed by atoms with Crippen molar-refractivity contribution in [1.82, 2.24) is 5.32 Å². The number of hydrogen-bond donors (Lipinski definition) is 1. The second-order valence-corrected chi connectivity index (χ2v) is 6.86. The third-order valence-electron chi connectivity index (χ3n) is 4.31. The van der Waals surface area contributed by atoms with E-state index in [0.29, 0.717) is 35.0 Å². The SMILES string of the molecule is O=C(COC(=O)c1cccc(N2CCCC2=O)c1)NCCOc1ccc(Cl)cc1. The average Bonchev–Trinajstić information content (AvgIpc) is 3.16. The minimum absolute atomic E-state index is 0.0377. The van der Waals surface area contributed by atoms with Gasteiger partial charge in [0.05, 0.1) is 12.1 Å². The number of esters is 1. The van der Waals surface area contributed by atoms with Crippen molar-refractivity contribution in [1.29, 1.82) is 0 Å². The van der Waals surface area contributed by atoms with E-state index in [1.807, 2.05) is 0 Å². The molecule has 29 heavy (non-hydrogen) atoms. The van der Waals surface area contributed by atoms with Crippen LogP contribution in [0.15, 0.2) is 48.5 Å². The second-order valence-electron chi connectivity index (χ2n) is 6.43. The van der Waals surface area contributed by atoms with Crippen molar-refractivity contribution < 1.29 is 23.9 Å². The Bertz CT molecular complexity index is 885. The highest BCUT2D eigenvalue weighted by atomic mass is 35.5. The highest BCUT2D eigenvalue weighted by Gasteiger charge is 2.22. The van der Waals surface area contributed by atoms with Crippen LogP contribution in [-0.4, -0.2) is 44.1 Å². The summed E-state index contributed by atoms with van der Waals surface area (Å²) >= 11 is 5.80. The normalized spacial score (nSPS) is 13.3. The van der Waals surface area contributed by atoms with E-state index in [1.165, 1.54) is 0 Å². The maximum absolute atomic E-state index is 12.2. The van der Waals surface area contributed by atoms with Gasteiger partial charge in [0.2, 0.25) is 5.91 Å². The average molecular weight is 417 g/mol. The van der Waals surface area contributed by atoms with Crippen molar-refractivity contribution in [2.24, 2.45) is 0 Å². The summed E-state index contributed by atoms with van der Waals surface area (Å²) in [6.07, 6.45) is 1.31. The van der Waals surface area contributed by atoms with Crippen molar-refractivity contribution in [2.75, 3.05) is 31.2 Å². The van der Waals surface area contributed by atoms with E-state index in [0.717, 1.165) is 6.42 Å². The van der Waals surface area contributed by atoms with Crippen LogP contribution in [0.2, 0.25) is 5.02 Å². The van der Waals surface area contributed by atoms with Crippen molar-refractivity contribution in [3.63, 3.8) is 0 Å². The van der Waals surface area contributed by atoms with Gasteiger partial charge in [-0.1, -0.05) is 17.7 Å². The zero-order valence-corrected chi connectivity index (χ0v) is 16.5. The molecule has 0 unspecified atom stereocenters. The largest absolute Gasteiger partial charge is 0.492 e. The number of ether oxygens (including phenoxy) is 2. The van der Waals surface area contributed by atoms with Crippen molar-refractivity contribution in [2.45, 2.75) is 12.8 Å². The summed E-state index contributed by atoms with van der Waals surface area (Å²) in [5, 5.41) is 3.23. The number of rotatable bonds is 8. The Morgan fingerprint density at radius 1 is 1.14 bits per heavy atom. The summed E-state index contributed by atoms with van der Waals surface area (Å²) < 4.78 is 10.5. The number of nitrogens with one attached hydrogen (secondary N) is 1. The number of carbonyl (C=O) groups excluding carboxylic acids is 3. The standard InChI is InChI=1S/C21H21ClN2O5/c22-16-6-8-18(9-7-16)28-12-10-23-19(25)14-29-21(27)15-3-1-4-17(13-15)24-11-2-5-20(24)26/h1,3-4,6-9,13H,2,5,10-12,14H2,(H,23,25). The zero-order chi connectivity index (χ0) is 20.6. The molecule has 2 aromatic carbocycles. The molecule has 152 valence electrons. The summed E-state index contributed by atoms with van der Waals surface area (Å²) in [6.45, 7) is 0.781. The summed E-state index contributed by atoms with van der Waals surface area (Å²) in [5.41, 5.74) is 0.951. The minimum atomic E-state index is -0.619. The highest BCUT2D eigenvalue weighted by Crippen LogP contribution is 2.22. The molecule has 8 heteroatoms. The lowest BCUT2D eigenvalue weighted by Gasteiger charge is -2.16. The van der Waals surface area contributed by atoms with E-state index in [-0.39, 0.29) is 19.1 Å². The first-order valence-electron chi connectivity index (χ1n) is 9.25. The molecule has 1 aliphatic rings. The molecule has 0 atom stereocenters. The molecule has 0 aliphatic carbocycles. The number of hydrogen-bond acceptors (Lipinski definition) is 5. The van der Waals surface area contributed by atoms with E-state index in [4.69, 9.17) is 21.1 Å². The summed E-state index contributed by atoms with van der Waals surface area (Å²) in [7, 11) is 0. The number of amides is 2. The molecule has 2 amide bonds. The minimum Gasteiger partial charge on any atom is -0.492 e. The molecule has 0 bridgehead atoms. The van der Waals surface area contributed by atoms with E-state index in [2.05, 4.69) is 5.32 Å². The molecule has 1 fully saturated rings. The van der Waals surface area contributed by atoms with Gasteiger partial charge in [-0.3, -0.25) is 9.59 Å². The van der Waals surface area contributed by atoms with Gasteiger partial charge in [0, 0.05) is 23.7 Å². The molecular formula is C21H21ClN2O5. The fraction of sp³-hybridized carbons (Fsp3) is 0.286. The van der Waals surface area contributed by atoms with E-state index in [1.54, 1.807) is 53.4 Å². The fourth-order valence-electron chi connectivity index (χ4n) is 2.88. The molecule has 2 aromatic rings. The van der Waals surface area contributed by atoms with E-state index in [9.17, 15) is 14.4 Å². The number of benzene rings is 2. The molecule has 1 N–H and O–H groups in total. The Morgan fingerprint density at radius 3 is 2.66 bits per heavy atom. The fourth-order valence-corrected chi connectivity index (χ4v) is 3.00. The lowest BCUT2D eigenvalue weighted by Crippen LogP contribution is -2.32. The molecule has 0 radical (unpaired) electrons. The number of anilines is 1. The van der Waals surface area contributed by atoms with Crippen LogP contribution < -0.4 is 15.0 Å². The Balaban J connectivity index is 1.40. The maximum atomic E-state index is 12.2. The number of carbonyl (C=O) groups is 3. The van der Waals surface area contributed by atoms with Crippen LogP contribution in [0, 0.1) is 0 Å². The quantitative estimate of drug-likeness (QED) is 0.528. The Hall–Kier alpha value is -3.06. The van der Waals surface area contributed by atoms with Gasteiger partial charge in [0.15, 0.2) is 6.61 Å². The van der Waals surface area contributed by atoms with Crippen molar-refractivity contribution in [3.8, 4) is 5.75 Å². The van der Waals surface area contributed by atoms with Crippen LogP contribution in [0.25, 0.3) is 0 Å². The first kappa shape index (κ1) is 20.7. The monoisotopic (exact) mass is 416 g/mol. The van der Waals surface area contributed by atoms with Gasteiger partial charge < -0.3 is 19.7 Å². The lowest BCUT2D eigenvalue weighted by molar-refractivity contribution is -0.124. The predicted molar refractivity (Wildman–Crippen MR) is 108 cm³/mol. The predicted octanol–water partition coefficient (Wildman–Crippen LogP) is 2.82. The van der Waals surface area contributed by atoms with Gasteiger partial charge in [0.1, 0.15) is 12.4 Å². The summed E-state index contributed by atoms with van der Waals surface area (Å²) in [4.78, 5) is 37.5. The number of halogens is 1. The summed E-state index contributed by atoms with van der Waals surface area (Å²) in [6, 6.07) is 13.5.